The van der Waals surface area contributed by atoms with Crippen LogP contribution in [0, 0.1) is 0 Å². The summed E-state index contributed by atoms with van der Waals surface area (Å²) in [7, 11) is 0. The van der Waals surface area contributed by atoms with E-state index in [9.17, 15) is 14.4 Å². The Bertz CT molecular complexity index is 1350. The molecule has 38 heavy (non-hydrogen) atoms. The van der Waals surface area contributed by atoms with Gasteiger partial charge in [-0.1, -0.05) is 52.4 Å². The van der Waals surface area contributed by atoms with Gasteiger partial charge in [-0.2, -0.15) is 0 Å². The average molecular weight is 581 g/mol. The molecule has 0 aromatic carbocycles. The molecular formula is C31H32O3S4. The molecule has 0 N–H and O–H groups in total. The Morgan fingerprint density at radius 1 is 0.579 bits per heavy atom. The summed E-state index contributed by atoms with van der Waals surface area (Å²) < 4.78 is 0. The third-order valence-corrected chi connectivity index (χ3v) is 12.0. The lowest BCUT2D eigenvalue weighted by Crippen LogP contribution is -1.95. The van der Waals surface area contributed by atoms with Gasteiger partial charge in [0.15, 0.2) is 17.3 Å². The normalized spacial score (nSPS) is 12.2. The predicted molar refractivity (Wildman–Crippen MR) is 164 cm³/mol. The quantitative estimate of drug-likeness (QED) is 0.0969. The van der Waals surface area contributed by atoms with Crippen molar-refractivity contribution in [2.75, 3.05) is 0 Å². The van der Waals surface area contributed by atoms with Crippen LogP contribution in [0.1, 0.15) is 113 Å². The van der Waals surface area contributed by atoms with Crippen LogP contribution in [0.25, 0.3) is 29.3 Å². The summed E-state index contributed by atoms with van der Waals surface area (Å²) >= 11 is 6.35. The fourth-order valence-electron chi connectivity index (χ4n) is 4.76. The van der Waals surface area contributed by atoms with Gasteiger partial charge in [0.1, 0.15) is 0 Å². The first-order valence-electron chi connectivity index (χ1n) is 13.6. The Labute approximate surface area is 240 Å². The van der Waals surface area contributed by atoms with Gasteiger partial charge in [0.05, 0.1) is 19.5 Å². The summed E-state index contributed by atoms with van der Waals surface area (Å²) in [6.45, 7) is 4.35. The summed E-state index contributed by atoms with van der Waals surface area (Å²) in [6.07, 6.45) is 10.0. The highest BCUT2D eigenvalue weighted by molar-refractivity contribution is 7.29. The summed E-state index contributed by atoms with van der Waals surface area (Å²) in [6, 6.07) is 11.9. The maximum absolute atomic E-state index is 13.3. The van der Waals surface area contributed by atoms with Crippen LogP contribution in [0.4, 0.5) is 0 Å². The number of hydrogen-bond donors (Lipinski definition) is 0. The van der Waals surface area contributed by atoms with E-state index < -0.39 is 0 Å². The van der Waals surface area contributed by atoms with Crippen molar-refractivity contribution >= 4 is 62.7 Å². The summed E-state index contributed by atoms with van der Waals surface area (Å²) in [5, 5.41) is 0. The molecule has 0 bridgehead atoms. The Kier molecular flexibility index (Phi) is 8.88. The van der Waals surface area contributed by atoms with Crippen LogP contribution >= 0.6 is 45.3 Å². The molecule has 1 aliphatic carbocycles. The first-order valence-corrected chi connectivity index (χ1v) is 16.9. The van der Waals surface area contributed by atoms with Crippen molar-refractivity contribution in [2.45, 2.75) is 78.1 Å². The largest absolute Gasteiger partial charge is 0.293 e. The van der Waals surface area contributed by atoms with E-state index in [1.807, 2.05) is 36.4 Å². The molecule has 1 aliphatic rings. The van der Waals surface area contributed by atoms with Gasteiger partial charge >= 0.3 is 0 Å². The molecule has 0 saturated carbocycles. The smallest absolute Gasteiger partial charge is 0.196 e. The Balaban J connectivity index is 1.30. The number of rotatable bonds is 14. The highest BCUT2D eigenvalue weighted by atomic mass is 32.1. The van der Waals surface area contributed by atoms with Gasteiger partial charge in [0.25, 0.3) is 0 Å². The second-order valence-corrected chi connectivity index (χ2v) is 14.1. The van der Waals surface area contributed by atoms with Crippen molar-refractivity contribution in [1.29, 1.82) is 0 Å². The topological polar surface area (TPSA) is 51.2 Å². The SMILES string of the molecule is CCCCCCC(=O)c1ccc(-c2cc3c(s2)-c2sc(-c4ccc(C(=O)CCCCCC)s4)cc2C3=O)s1. The van der Waals surface area contributed by atoms with Crippen molar-refractivity contribution in [2.24, 2.45) is 0 Å². The highest BCUT2D eigenvalue weighted by Crippen LogP contribution is 2.52. The molecule has 4 heterocycles. The van der Waals surface area contributed by atoms with E-state index in [2.05, 4.69) is 13.8 Å². The number of fused-ring (bicyclic) bond motifs is 3. The maximum atomic E-state index is 13.3. The molecule has 198 valence electrons. The number of hydrogen-bond acceptors (Lipinski definition) is 7. The van der Waals surface area contributed by atoms with E-state index in [1.165, 1.54) is 48.4 Å². The van der Waals surface area contributed by atoms with Gasteiger partial charge in [-0.3, -0.25) is 14.4 Å². The molecule has 0 saturated heterocycles. The van der Waals surface area contributed by atoms with Gasteiger partial charge in [0.2, 0.25) is 0 Å². The monoisotopic (exact) mass is 580 g/mol. The number of Topliss-reactive ketones (excluding diaryl/α,β-unsaturated/α-hetero) is 2. The van der Waals surface area contributed by atoms with Gasteiger partial charge in [-0.05, 0) is 49.2 Å². The lowest BCUT2D eigenvalue weighted by molar-refractivity contribution is 0.0975. The zero-order valence-corrected chi connectivity index (χ0v) is 25.2. The first kappa shape index (κ1) is 27.4. The number of thiophene rings is 4. The van der Waals surface area contributed by atoms with Crippen LogP contribution in [0.5, 0.6) is 0 Å². The fraction of sp³-hybridized carbons (Fsp3) is 0.387. The second kappa shape index (κ2) is 12.3. The molecular weight excluding hydrogens is 549 g/mol. The molecule has 4 aromatic heterocycles. The first-order chi connectivity index (χ1) is 18.5. The van der Waals surface area contributed by atoms with Crippen molar-refractivity contribution in [1.82, 2.24) is 0 Å². The minimum absolute atomic E-state index is 0.0764. The van der Waals surface area contributed by atoms with E-state index in [0.717, 1.165) is 75.8 Å². The minimum atomic E-state index is 0.0764. The third-order valence-electron chi connectivity index (χ3n) is 6.92. The summed E-state index contributed by atoms with van der Waals surface area (Å²) in [4.78, 5) is 46.3. The molecule has 0 atom stereocenters. The number of carbonyl (C=O) groups is 3. The number of ketones is 3. The lowest BCUT2D eigenvalue weighted by atomic mass is 10.1. The van der Waals surface area contributed by atoms with Crippen LogP contribution in [-0.2, 0) is 0 Å². The molecule has 0 amide bonds. The molecule has 3 nitrogen and oxygen atoms in total. The van der Waals surface area contributed by atoms with Gasteiger partial charge < -0.3 is 0 Å². The highest BCUT2D eigenvalue weighted by Gasteiger charge is 2.33. The van der Waals surface area contributed by atoms with Crippen molar-refractivity contribution in [3.05, 3.63) is 57.3 Å². The molecule has 5 rings (SSSR count). The number of unbranched alkanes of at least 4 members (excludes halogenated alkanes) is 6. The minimum Gasteiger partial charge on any atom is -0.293 e. The summed E-state index contributed by atoms with van der Waals surface area (Å²) in [5.74, 6) is 0.516. The Morgan fingerprint density at radius 3 is 1.45 bits per heavy atom. The van der Waals surface area contributed by atoms with Crippen LogP contribution < -0.4 is 0 Å². The predicted octanol–water partition coefficient (Wildman–Crippen LogP) is 10.8. The summed E-state index contributed by atoms with van der Waals surface area (Å²) in [5.41, 5.74) is 1.54. The molecule has 0 aliphatic heterocycles. The average Bonchev–Trinajstić information content (AvgIpc) is 3.73. The van der Waals surface area contributed by atoms with Gasteiger partial charge in [-0.25, -0.2) is 0 Å². The zero-order valence-electron chi connectivity index (χ0n) is 21.9. The van der Waals surface area contributed by atoms with Gasteiger partial charge in [0, 0.05) is 43.5 Å². The van der Waals surface area contributed by atoms with Crippen LogP contribution in [0.3, 0.4) is 0 Å². The van der Waals surface area contributed by atoms with Crippen molar-refractivity contribution in [3.63, 3.8) is 0 Å². The Morgan fingerprint density at radius 2 is 1.03 bits per heavy atom. The van der Waals surface area contributed by atoms with Crippen LogP contribution in [0.15, 0.2) is 36.4 Å². The molecule has 0 unspecified atom stereocenters. The maximum Gasteiger partial charge on any atom is 0.196 e. The Hall–Kier alpha value is -2.19. The van der Waals surface area contributed by atoms with Crippen molar-refractivity contribution < 1.29 is 14.4 Å². The van der Waals surface area contributed by atoms with E-state index in [0.29, 0.717) is 12.8 Å². The fourth-order valence-corrected chi connectivity index (χ4v) is 9.33. The van der Waals surface area contributed by atoms with Gasteiger partial charge in [-0.15, -0.1) is 45.3 Å². The van der Waals surface area contributed by atoms with Crippen molar-refractivity contribution in [3.8, 4) is 29.3 Å². The molecule has 0 fully saturated rings. The molecule has 4 aromatic rings. The van der Waals surface area contributed by atoms with Crippen LogP contribution in [-0.4, -0.2) is 17.3 Å². The lowest BCUT2D eigenvalue weighted by Gasteiger charge is -1.98. The molecule has 0 spiro atoms. The van der Waals surface area contributed by atoms with Crippen LogP contribution in [0.2, 0.25) is 0 Å². The second-order valence-electron chi connectivity index (χ2n) is 9.83. The third kappa shape index (κ3) is 5.71. The van der Waals surface area contributed by atoms with E-state index >= 15 is 0 Å². The van der Waals surface area contributed by atoms with E-state index in [1.54, 1.807) is 22.7 Å². The molecule has 7 heteroatoms. The number of carbonyl (C=O) groups excluding carboxylic acids is 3. The zero-order chi connectivity index (χ0) is 26.6. The standard InChI is InChI=1S/C31H32O3S4/c1-3-5-7-9-11-21(32)23-13-15-25(35-23)27-17-19-29(34)20-18-28(38-31(20)30(19)37-27)26-16-14-24(36-26)22(33)12-10-8-6-4-2/h13-18H,3-12H2,1-2H3. The molecule has 0 radical (unpaired) electrons. The van der Waals surface area contributed by atoms with E-state index in [4.69, 9.17) is 0 Å². The van der Waals surface area contributed by atoms with E-state index in [-0.39, 0.29) is 17.3 Å².